The summed E-state index contributed by atoms with van der Waals surface area (Å²) in [4.78, 5) is 21.4. The van der Waals surface area contributed by atoms with Crippen molar-refractivity contribution in [2.75, 3.05) is 24.5 Å². The molecule has 3 heterocycles. The Bertz CT molecular complexity index is 2090. The third-order valence-electron chi connectivity index (χ3n) is 7.46. The SMILES string of the molecule is CCS(=O)(=O)c1nc(OCOCC[Si](C)(C)C)c2c3c(c(-c4ccc(F)c5sc(NC(=O)OC(C)(C)C)c(C#N)c45)c(Cl)c2n1)COC3. The minimum atomic E-state index is -3.92. The van der Waals surface area contributed by atoms with E-state index < -0.39 is 40.6 Å². The maximum Gasteiger partial charge on any atom is 0.412 e. The number of nitrogens with zero attached hydrogens (tertiary/aromatic N) is 3. The molecule has 2 aromatic heterocycles. The van der Waals surface area contributed by atoms with E-state index in [1.54, 1.807) is 20.8 Å². The Balaban J connectivity index is 1.73. The molecule has 0 saturated carbocycles. The molecule has 5 rings (SSSR count). The number of nitrogens with one attached hydrogen (secondary N) is 1. The molecule has 4 aromatic rings. The van der Waals surface area contributed by atoms with Crippen molar-refractivity contribution in [3.63, 3.8) is 0 Å². The first-order valence-corrected chi connectivity index (χ1v) is 21.7. The number of aromatic nitrogens is 2. The first kappa shape index (κ1) is 35.9. The Morgan fingerprint density at radius 1 is 1.19 bits per heavy atom. The Morgan fingerprint density at radius 3 is 2.54 bits per heavy atom. The highest BCUT2D eigenvalue weighted by atomic mass is 35.5. The molecule has 0 aliphatic carbocycles. The average molecular weight is 735 g/mol. The van der Waals surface area contributed by atoms with E-state index in [9.17, 15) is 18.5 Å². The fourth-order valence-electron chi connectivity index (χ4n) is 5.14. The van der Waals surface area contributed by atoms with Crippen molar-refractivity contribution >= 4 is 72.9 Å². The van der Waals surface area contributed by atoms with Crippen LogP contribution in [0.25, 0.3) is 32.1 Å². The van der Waals surface area contributed by atoms with Crippen molar-refractivity contribution in [3.8, 4) is 23.1 Å². The number of sulfone groups is 1. The van der Waals surface area contributed by atoms with Gasteiger partial charge >= 0.3 is 6.09 Å². The summed E-state index contributed by atoms with van der Waals surface area (Å²) in [5.74, 6) is -0.896. The molecular formula is C32H36ClFN4O7S2Si. The van der Waals surface area contributed by atoms with Crippen molar-refractivity contribution in [3.05, 3.63) is 39.7 Å². The summed E-state index contributed by atoms with van der Waals surface area (Å²) in [7, 11) is -5.28. The first-order valence-electron chi connectivity index (χ1n) is 15.2. The molecular weight excluding hydrogens is 699 g/mol. The number of rotatable bonds is 10. The standard InChI is InChI=1S/C32H36ClFN4O7S2Si/c1-8-47(40,41)30-36-26-24(28(37-30)44-16-42-11-12-48(5,6)7)20-15-43-14-19(20)22(25(26)33)17-9-10-21(34)27-23(17)18(13-35)29(46-27)38-31(39)45-32(2,3)4/h9-10H,8,11-12,14-16H2,1-7H3,(H,38,39). The number of ether oxygens (including phenoxy) is 4. The molecule has 2 aromatic carbocycles. The van der Waals surface area contributed by atoms with Crippen molar-refractivity contribution in [2.24, 2.45) is 0 Å². The number of amides is 1. The highest BCUT2D eigenvalue weighted by Gasteiger charge is 2.32. The van der Waals surface area contributed by atoms with Crippen molar-refractivity contribution < 1.29 is 36.6 Å². The van der Waals surface area contributed by atoms with E-state index in [-0.39, 0.29) is 62.8 Å². The molecule has 0 atom stereocenters. The summed E-state index contributed by atoms with van der Waals surface area (Å²) in [6, 6.07) is 5.74. The number of carbonyl (C=O) groups is 1. The molecule has 256 valence electrons. The molecule has 0 spiro atoms. The summed E-state index contributed by atoms with van der Waals surface area (Å²) in [5.41, 5.74) is 1.29. The van der Waals surface area contributed by atoms with Gasteiger partial charge in [-0.3, -0.25) is 5.32 Å². The lowest BCUT2D eigenvalue weighted by molar-refractivity contribution is 0.0198. The monoisotopic (exact) mass is 734 g/mol. The normalized spacial score (nSPS) is 13.5. The van der Waals surface area contributed by atoms with Crippen LogP contribution in [0.1, 0.15) is 44.4 Å². The van der Waals surface area contributed by atoms with Gasteiger partial charge in [0.1, 0.15) is 22.5 Å². The third kappa shape index (κ3) is 7.29. The van der Waals surface area contributed by atoms with E-state index in [0.717, 1.165) is 17.4 Å². The number of benzene rings is 2. The highest BCUT2D eigenvalue weighted by Crippen LogP contribution is 2.49. The predicted molar refractivity (Wildman–Crippen MR) is 186 cm³/mol. The maximum absolute atomic E-state index is 15.3. The molecule has 16 heteroatoms. The van der Waals surface area contributed by atoms with Gasteiger partial charge in [-0.05, 0) is 49.6 Å². The zero-order chi connectivity index (χ0) is 35.2. The third-order valence-corrected chi connectivity index (χ3v) is 12.1. The quantitative estimate of drug-likeness (QED) is 0.0734. The molecule has 11 nitrogen and oxygen atoms in total. The van der Waals surface area contributed by atoms with Gasteiger partial charge < -0.3 is 18.9 Å². The number of thiophene rings is 1. The van der Waals surface area contributed by atoms with E-state index in [4.69, 9.17) is 30.5 Å². The van der Waals surface area contributed by atoms with Crippen LogP contribution in [0.2, 0.25) is 30.7 Å². The van der Waals surface area contributed by atoms with Crippen LogP contribution in [-0.4, -0.2) is 57.3 Å². The maximum atomic E-state index is 15.3. The number of halogens is 2. The fourth-order valence-corrected chi connectivity index (χ4v) is 8.02. The van der Waals surface area contributed by atoms with Gasteiger partial charge in [0.25, 0.3) is 5.16 Å². The van der Waals surface area contributed by atoms with Crippen molar-refractivity contribution in [1.82, 2.24) is 9.97 Å². The number of hydrogen-bond donors (Lipinski definition) is 1. The lowest BCUT2D eigenvalue weighted by Crippen LogP contribution is -2.27. The second-order valence-corrected chi connectivity index (χ2v) is 22.6. The number of carbonyl (C=O) groups excluding carboxylic acids is 1. The Hall–Kier alpha value is -3.39. The van der Waals surface area contributed by atoms with E-state index in [1.807, 2.05) is 0 Å². The average Bonchev–Trinajstić information content (AvgIpc) is 3.61. The van der Waals surface area contributed by atoms with Crippen molar-refractivity contribution in [1.29, 1.82) is 5.26 Å². The molecule has 48 heavy (non-hydrogen) atoms. The lowest BCUT2D eigenvalue weighted by atomic mass is 9.91. The van der Waals surface area contributed by atoms with Gasteiger partial charge in [-0.15, -0.1) is 11.3 Å². The number of fused-ring (bicyclic) bond motifs is 4. The topological polar surface area (TPSA) is 150 Å². The van der Waals surface area contributed by atoms with Gasteiger partial charge in [-0.1, -0.05) is 44.2 Å². The summed E-state index contributed by atoms with van der Waals surface area (Å²) in [6.45, 7) is 13.8. The molecule has 0 saturated heterocycles. The largest absolute Gasteiger partial charge is 0.450 e. The van der Waals surface area contributed by atoms with Gasteiger partial charge in [-0.2, -0.15) is 10.2 Å². The second-order valence-electron chi connectivity index (χ2n) is 13.4. The van der Waals surface area contributed by atoms with Crippen molar-refractivity contribution in [2.45, 2.75) is 77.4 Å². The minimum absolute atomic E-state index is 0.00983. The van der Waals surface area contributed by atoms with Crippen LogP contribution in [0.3, 0.4) is 0 Å². The fraction of sp³-hybridized carbons (Fsp3) is 0.438. The molecule has 1 aliphatic heterocycles. The molecule has 0 unspecified atom stereocenters. The van der Waals surface area contributed by atoms with E-state index in [1.165, 1.54) is 19.1 Å². The van der Waals surface area contributed by atoms with E-state index >= 15 is 4.39 Å². The number of anilines is 1. The Kier molecular flexibility index (Phi) is 10.1. The summed E-state index contributed by atoms with van der Waals surface area (Å²) in [6.07, 6.45) is -0.802. The molecule has 0 fully saturated rings. The van der Waals surface area contributed by atoms with E-state index in [0.29, 0.717) is 34.2 Å². The van der Waals surface area contributed by atoms with Crippen LogP contribution in [0.5, 0.6) is 5.88 Å². The Morgan fingerprint density at radius 2 is 1.90 bits per heavy atom. The lowest BCUT2D eigenvalue weighted by Gasteiger charge is -2.19. The van der Waals surface area contributed by atoms with Crippen LogP contribution in [0.4, 0.5) is 14.2 Å². The Labute approximate surface area is 288 Å². The van der Waals surface area contributed by atoms with Crippen LogP contribution >= 0.6 is 22.9 Å². The molecule has 1 N–H and O–H groups in total. The van der Waals surface area contributed by atoms with Gasteiger partial charge in [0.05, 0.1) is 45.2 Å². The smallest absolute Gasteiger partial charge is 0.412 e. The second kappa shape index (κ2) is 13.5. The van der Waals surface area contributed by atoms with E-state index in [2.05, 4.69) is 41.0 Å². The minimum Gasteiger partial charge on any atom is -0.450 e. The zero-order valence-corrected chi connectivity index (χ0v) is 31.1. The van der Waals surface area contributed by atoms with Gasteiger partial charge in [0.15, 0.2) is 6.79 Å². The summed E-state index contributed by atoms with van der Waals surface area (Å²) >= 11 is 8.03. The van der Waals surface area contributed by atoms with Gasteiger partial charge in [0.2, 0.25) is 15.7 Å². The van der Waals surface area contributed by atoms with Gasteiger partial charge in [-0.25, -0.2) is 22.6 Å². The van der Waals surface area contributed by atoms with Crippen LogP contribution in [0, 0.1) is 17.1 Å². The first-order chi connectivity index (χ1) is 22.5. The van der Waals surface area contributed by atoms with Crippen LogP contribution < -0.4 is 10.1 Å². The molecule has 0 radical (unpaired) electrons. The molecule has 1 aliphatic rings. The van der Waals surface area contributed by atoms with Crippen LogP contribution in [0.15, 0.2) is 17.3 Å². The number of nitriles is 1. The number of hydrogen-bond acceptors (Lipinski definition) is 11. The predicted octanol–water partition coefficient (Wildman–Crippen LogP) is 8.04. The zero-order valence-electron chi connectivity index (χ0n) is 27.7. The van der Waals surface area contributed by atoms with Gasteiger partial charge in [0, 0.05) is 25.6 Å². The summed E-state index contributed by atoms with van der Waals surface area (Å²) in [5, 5.41) is 13.1. The summed E-state index contributed by atoms with van der Waals surface area (Å²) < 4.78 is 64.5. The van der Waals surface area contributed by atoms with Crippen LogP contribution in [-0.2, 0) is 37.3 Å². The molecule has 0 bridgehead atoms. The highest BCUT2D eigenvalue weighted by molar-refractivity contribution is 7.91. The molecule has 1 amide bonds.